The van der Waals surface area contributed by atoms with Crippen LogP contribution in [0.1, 0.15) is 6.92 Å². The van der Waals surface area contributed by atoms with Crippen molar-refractivity contribution in [2.45, 2.75) is 6.92 Å². The van der Waals surface area contributed by atoms with Gasteiger partial charge in [0.1, 0.15) is 5.75 Å². The lowest BCUT2D eigenvalue weighted by Gasteiger charge is -2.13. The molecule has 0 aromatic heterocycles. The van der Waals surface area contributed by atoms with Crippen molar-refractivity contribution >= 4 is 58.0 Å². The summed E-state index contributed by atoms with van der Waals surface area (Å²) in [6, 6.07) is 9.41. The van der Waals surface area contributed by atoms with Crippen LogP contribution >= 0.6 is 34.8 Å². The molecule has 0 atom stereocenters. The quantitative estimate of drug-likeness (QED) is 0.786. The van der Waals surface area contributed by atoms with Gasteiger partial charge in [0.05, 0.1) is 16.4 Å². The molecule has 0 radical (unpaired) electrons. The number of nitrogens with one attached hydrogen (secondary N) is 2. The highest BCUT2D eigenvalue weighted by Crippen LogP contribution is 2.28. The molecule has 0 aliphatic rings. The molecular formula is C16H13Cl3N2O3. The number of carbonyl (C=O) groups excluding carboxylic acids is 2. The van der Waals surface area contributed by atoms with Gasteiger partial charge in [-0.25, -0.2) is 0 Å². The van der Waals surface area contributed by atoms with Gasteiger partial charge < -0.3 is 15.4 Å². The summed E-state index contributed by atoms with van der Waals surface area (Å²) in [6.45, 7) is 1.10. The Morgan fingerprint density at radius 2 is 1.62 bits per heavy atom. The molecule has 2 aromatic rings. The average molecular weight is 388 g/mol. The Morgan fingerprint density at radius 3 is 2.29 bits per heavy atom. The number of hydrogen-bond donors (Lipinski definition) is 2. The first-order valence-corrected chi connectivity index (χ1v) is 7.93. The second-order valence-electron chi connectivity index (χ2n) is 4.78. The van der Waals surface area contributed by atoms with E-state index in [1.807, 2.05) is 0 Å². The first-order valence-electron chi connectivity index (χ1n) is 6.80. The largest absolute Gasteiger partial charge is 0.482 e. The molecule has 0 unspecified atom stereocenters. The number of ether oxygens (including phenoxy) is 1. The van der Waals surface area contributed by atoms with Gasteiger partial charge in [-0.05, 0) is 36.4 Å². The number of rotatable bonds is 5. The molecule has 5 nitrogen and oxygen atoms in total. The summed E-state index contributed by atoms with van der Waals surface area (Å²) < 4.78 is 5.35. The summed E-state index contributed by atoms with van der Waals surface area (Å²) in [4.78, 5) is 23.3. The van der Waals surface area contributed by atoms with Crippen molar-refractivity contribution in [3.05, 3.63) is 51.5 Å². The van der Waals surface area contributed by atoms with Gasteiger partial charge in [-0.15, -0.1) is 0 Å². The van der Waals surface area contributed by atoms with E-state index in [1.165, 1.54) is 19.1 Å². The summed E-state index contributed by atoms with van der Waals surface area (Å²) >= 11 is 17.7. The molecule has 8 heteroatoms. The van der Waals surface area contributed by atoms with Crippen molar-refractivity contribution in [1.82, 2.24) is 0 Å². The molecule has 0 aliphatic heterocycles. The van der Waals surface area contributed by atoms with Crippen LogP contribution in [0.3, 0.4) is 0 Å². The summed E-state index contributed by atoms with van der Waals surface area (Å²) in [7, 11) is 0. The van der Waals surface area contributed by atoms with Gasteiger partial charge in [-0.3, -0.25) is 9.59 Å². The molecule has 2 rings (SSSR count). The minimum atomic E-state index is -0.435. The smallest absolute Gasteiger partial charge is 0.262 e. The second kappa shape index (κ2) is 8.24. The van der Waals surface area contributed by atoms with Gasteiger partial charge >= 0.3 is 0 Å². The zero-order valence-electron chi connectivity index (χ0n) is 12.5. The number of hydrogen-bond acceptors (Lipinski definition) is 3. The highest BCUT2D eigenvalue weighted by molar-refractivity contribution is 6.35. The lowest BCUT2D eigenvalue weighted by Crippen LogP contribution is -2.21. The molecular weight excluding hydrogens is 375 g/mol. The fraction of sp³-hybridized carbons (Fsp3) is 0.125. The van der Waals surface area contributed by atoms with Crippen LogP contribution in [-0.2, 0) is 9.59 Å². The van der Waals surface area contributed by atoms with Crippen molar-refractivity contribution in [2.75, 3.05) is 17.2 Å². The fourth-order valence-corrected chi connectivity index (χ4v) is 2.48. The van der Waals surface area contributed by atoms with Crippen LogP contribution in [0.25, 0.3) is 0 Å². The Hall–Kier alpha value is -1.95. The Labute approximate surface area is 153 Å². The third-order valence-electron chi connectivity index (χ3n) is 2.82. The fourth-order valence-electron chi connectivity index (χ4n) is 1.84. The van der Waals surface area contributed by atoms with E-state index in [2.05, 4.69) is 10.6 Å². The normalized spacial score (nSPS) is 10.2. The molecule has 0 saturated heterocycles. The number of carbonyl (C=O) groups is 2. The van der Waals surface area contributed by atoms with E-state index in [0.29, 0.717) is 32.2 Å². The second-order valence-corrected chi connectivity index (χ2v) is 6.06. The molecule has 2 aromatic carbocycles. The molecule has 0 spiro atoms. The molecule has 0 fully saturated rings. The third kappa shape index (κ3) is 5.30. The van der Waals surface area contributed by atoms with Crippen LogP contribution in [-0.4, -0.2) is 18.4 Å². The summed E-state index contributed by atoms with van der Waals surface area (Å²) in [6.07, 6.45) is 0. The maximum Gasteiger partial charge on any atom is 0.262 e. The van der Waals surface area contributed by atoms with Crippen LogP contribution in [0.15, 0.2) is 36.4 Å². The van der Waals surface area contributed by atoms with Gasteiger partial charge in [-0.2, -0.15) is 0 Å². The van der Waals surface area contributed by atoms with E-state index in [-0.39, 0.29) is 12.5 Å². The van der Waals surface area contributed by atoms with E-state index < -0.39 is 5.91 Å². The Morgan fingerprint density at radius 1 is 0.958 bits per heavy atom. The van der Waals surface area contributed by atoms with Crippen LogP contribution in [0.2, 0.25) is 15.1 Å². The summed E-state index contributed by atoms with van der Waals surface area (Å²) in [5, 5.41) is 6.42. The number of amides is 2. The molecule has 126 valence electrons. The molecule has 0 aliphatic carbocycles. The average Bonchev–Trinajstić information content (AvgIpc) is 2.49. The summed E-state index contributed by atoms with van der Waals surface area (Å²) in [5.74, 6) is -0.365. The van der Waals surface area contributed by atoms with Gasteiger partial charge in [0.25, 0.3) is 5.91 Å². The van der Waals surface area contributed by atoms with Crippen LogP contribution in [0, 0.1) is 0 Å². The molecule has 0 saturated carbocycles. The molecule has 0 bridgehead atoms. The Balaban J connectivity index is 2.04. The molecule has 0 heterocycles. The third-order valence-corrected chi connectivity index (χ3v) is 3.58. The minimum absolute atomic E-state index is 0.267. The van der Waals surface area contributed by atoms with E-state index in [0.717, 1.165) is 0 Å². The lowest BCUT2D eigenvalue weighted by atomic mass is 10.2. The monoisotopic (exact) mass is 386 g/mol. The Bertz CT molecular complexity index is 781. The number of halogens is 3. The van der Waals surface area contributed by atoms with Crippen LogP contribution in [0.4, 0.5) is 11.4 Å². The van der Waals surface area contributed by atoms with E-state index in [9.17, 15) is 9.59 Å². The molecule has 2 N–H and O–H groups in total. The van der Waals surface area contributed by atoms with Gasteiger partial charge in [0.2, 0.25) is 5.91 Å². The van der Waals surface area contributed by atoms with Gasteiger partial charge in [0, 0.05) is 17.0 Å². The van der Waals surface area contributed by atoms with Crippen molar-refractivity contribution in [1.29, 1.82) is 0 Å². The maximum atomic E-state index is 12.1. The predicted octanol–water partition coefficient (Wildman–Crippen LogP) is 4.62. The standard InChI is InChI=1S/C16H13Cl3N2O3/c1-9(22)20-13-4-2-11(18)7-14(13)21-16(23)8-24-15-5-3-10(17)6-12(15)19/h2-7H,8H2,1H3,(H,20,22)(H,21,23). The first kappa shape index (κ1) is 18.4. The van der Waals surface area contributed by atoms with Gasteiger partial charge in [0.15, 0.2) is 6.61 Å². The van der Waals surface area contributed by atoms with E-state index >= 15 is 0 Å². The van der Waals surface area contributed by atoms with Crippen molar-refractivity contribution in [3.8, 4) is 5.75 Å². The van der Waals surface area contributed by atoms with Gasteiger partial charge in [-0.1, -0.05) is 34.8 Å². The first-order chi connectivity index (χ1) is 11.3. The van der Waals surface area contributed by atoms with Crippen molar-refractivity contribution in [3.63, 3.8) is 0 Å². The zero-order chi connectivity index (χ0) is 17.7. The van der Waals surface area contributed by atoms with Crippen LogP contribution in [0.5, 0.6) is 5.75 Å². The Kier molecular flexibility index (Phi) is 6.31. The molecule has 24 heavy (non-hydrogen) atoms. The number of anilines is 2. The van der Waals surface area contributed by atoms with E-state index in [1.54, 1.807) is 24.3 Å². The maximum absolute atomic E-state index is 12.1. The highest BCUT2D eigenvalue weighted by Gasteiger charge is 2.11. The van der Waals surface area contributed by atoms with Crippen LogP contribution < -0.4 is 15.4 Å². The number of benzene rings is 2. The van der Waals surface area contributed by atoms with Crippen molar-refractivity contribution < 1.29 is 14.3 Å². The highest BCUT2D eigenvalue weighted by atomic mass is 35.5. The molecule has 2 amide bonds. The summed E-state index contributed by atoms with van der Waals surface area (Å²) in [5.41, 5.74) is 0.804. The zero-order valence-corrected chi connectivity index (χ0v) is 14.8. The van der Waals surface area contributed by atoms with E-state index in [4.69, 9.17) is 39.5 Å². The van der Waals surface area contributed by atoms with Crippen molar-refractivity contribution in [2.24, 2.45) is 0 Å². The topological polar surface area (TPSA) is 67.4 Å². The minimum Gasteiger partial charge on any atom is -0.482 e. The predicted molar refractivity (Wildman–Crippen MR) is 96.3 cm³/mol. The lowest BCUT2D eigenvalue weighted by molar-refractivity contribution is -0.118. The SMILES string of the molecule is CC(=O)Nc1ccc(Cl)cc1NC(=O)COc1ccc(Cl)cc1Cl.